The number of nitrogens with zero attached hydrogens (tertiary/aromatic N) is 2. The van der Waals surface area contributed by atoms with Crippen molar-refractivity contribution in [2.24, 2.45) is 17.8 Å². The van der Waals surface area contributed by atoms with Gasteiger partial charge in [0.1, 0.15) is 0 Å². The van der Waals surface area contributed by atoms with Crippen LogP contribution in [-0.2, 0) is 0 Å². The van der Waals surface area contributed by atoms with Gasteiger partial charge in [-0.1, -0.05) is 34.1 Å². The van der Waals surface area contributed by atoms with E-state index in [9.17, 15) is 0 Å². The quantitative estimate of drug-likeness (QED) is 0.860. The van der Waals surface area contributed by atoms with E-state index in [4.69, 9.17) is 0 Å². The molecule has 1 fully saturated rings. The summed E-state index contributed by atoms with van der Waals surface area (Å²) in [7, 11) is 0. The minimum absolute atomic E-state index is 0.626. The zero-order chi connectivity index (χ0) is 14.0. The molecule has 0 saturated heterocycles. The molecule has 3 atom stereocenters. The predicted octanol–water partition coefficient (Wildman–Crippen LogP) is 4.26. The molecule has 3 unspecified atom stereocenters. The van der Waals surface area contributed by atoms with Crippen LogP contribution in [0.15, 0.2) is 6.20 Å². The molecule has 2 rings (SSSR count). The molecule has 1 aliphatic carbocycles. The lowest BCUT2D eigenvalue weighted by Crippen LogP contribution is -2.19. The van der Waals surface area contributed by atoms with Gasteiger partial charge in [0.2, 0.25) is 5.95 Å². The van der Waals surface area contributed by atoms with Crippen LogP contribution in [0.25, 0.3) is 0 Å². The first kappa shape index (κ1) is 14.4. The molecule has 108 valence electrons. The third-order valence-electron chi connectivity index (χ3n) is 4.59. The number of nitrogens with one attached hydrogen (secondary N) is 1. The molecule has 1 aromatic heterocycles. The molecule has 0 aromatic carbocycles. The maximum Gasteiger partial charge on any atom is 0.203 e. The summed E-state index contributed by atoms with van der Waals surface area (Å²) in [6, 6.07) is 0.626. The van der Waals surface area contributed by atoms with Gasteiger partial charge in [0.05, 0.1) is 5.69 Å². The van der Waals surface area contributed by atoms with Crippen LogP contribution >= 0.6 is 0 Å². The Bertz CT molecular complexity index is 408. The fourth-order valence-electron chi connectivity index (χ4n) is 3.39. The topological polar surface area (TPSA) is 29.9 Å². The van der Waals surface area contributed by atoms with Crippen LogP contribution in [-0.4, -0.2) is 16.1 Å². The SMILES string of the molecule is CCC1CCC(n2cc(C)nc2NCC(C)C)C1C. The van der Waals surface area contributed by atoms with Gasteiger partial charge in [-0.2, -0.15) is 0 Å². The van der Waals surface area contributed by atoms with E-state index in [1.54, 1.807) is 0 Å². The Hall–Kier alpha value is -0.990. The molecule has 0 bridgehead atoms. The number of aryl methyl sites for hydroxylation is 1. The maximum absolute atomic E-state index is 4.66. The zero-order valence-electron chi connectivity index (χ0n) is 13.1. The second-order valence-electron chi connectivity index (χ2n) is 6.56. The van der Waals surface area contributed by atoms with E-state index >= 15 is 0 Å². The second kappa shape index (κ2) is 5.98. The van der Waals surface area contributed by atoms with Crippen molar-refractivity contribution in [3.05, 3.63) is 11.9 Å². The fourth-order valence-corrected chi connectivity index (χ4v) is 3.39. The van der Waals surface area contributed by atoms with Crippen LogP contribution in [0, 0.1) is 24.7 Å². The average molecular weight is 263 g/mol. The summed E-state index contributed by atoms with van der Waals surface area (Å²) in [6.45, 7) is 12.3. The van der Waals surface area contributed by atoms with Crippen LogP contribution in [0.3, 0.4) is 0 Å². The van der Waals surface area contributed by atoms with Crippen molar-refractivity contribution < 1.29 is 0 Å². The van der Waals surface area contributed by atoms with E-state index in [-0.39, 0.29) is 0 Å². The normalized spacial score (nSPS) is 27.2. The zero-order valence-corrected chi connectivity index (χ0v) is 13.1. The van der Waals surface area contributed by atoms with Gasteiger partial charge in [-0.25, -0.2) is 4.98 Å². The molecule has 1 aliphatic rings. The fraction of sp³-hybridized carbons (Fsp3) is 0.812. The lowest BCUT2D eigenvalue weighted by molar-refractivity contribution is 0.331. The number of anilines is 1. The van der Waals surface area contributed by atoms with Crippen LogP contribution in [0.5, 0.6) is 0 Å². The molecular formula is C16H29N3. The van der Waals surface area contributed by atoms with E-state index < -0.39 is 0 Å². The van der Waals surface area contributed by atoms with Gasteiger partial charge in [0, 0.05) is 18.8 Å². The largest absolute Gasteiger partial charge is 0.355 e. The van der Waals surface area contributed by atoms with Gasteiger partial charge < -0.3 is 9.88 Å². The van der Waals surface area contributed by atoms with Crippen molar-refractivity contribution in [1.29, 1.82) is 0 Å². The van der Waals surface area contributed by atoms with Gasteiger partial charge in [-0.15, -0.1) is 0 Å². The van der Waals surface area contributed by atoms with Crippen molar-refractivity contribution in [3.63, 3.8) is 0 Å². The van der Waals surface area contributed by atoms with E-state index in [2.05, 4.69) is 55.7 Å². The standard InChI is InChI=1S/C16H29N3/c1-6-14-7-8-15(13(14)5)19-10-12(4)18-16(19)17-9-11(2)3/h10-11,13-15H,6-9H2,1-5H3,(H,17,18). The third kappa shape index (κ3) is 3.13. The molecule has 1 aromatic rings. The number of rotatable bonds is 5. The van der Waals surface area contributed by atoms with Gasteiger partial charge in [-0.05, 0) is 37.5 Å². The number of imidazole rings is 1. The van der Waals surface area contributed by atoms with Crippen molar-refractivity contribution in [3.8, 4) is 0 Å². The molecule has 0 spiro atoms. The molecule has 3 nitrogen and oxygen atoms in total. The first-order valence-electron chi connectivity index (χ1n) is 7.82. The Balaban J connectivity index is 2.15. The number of aromatic nitrogens is 2. The van der Waals surface area contributed by atoms with Crippen molar-refractivity contribution >= 4 is 5.95 Å². The molecule has 0 amide bonds. The Morgan fingerprint density at radius 1 is 1.42 bits per heavy atom. The first-order valence-corrected chi connectivity index (χ1v) is 7.82. The lowest BCUT2D eigenvalue weighted by Gasteiger charge is -2.23. The highest BCUT2D eigenvalue weighted by Gasteiger charge is 2.33. The number of hydrogen-bond donors (Lipinski definition) is 1. The van der Waals surface area contributed by atoms with E-state index in [0.717, 1.165) is 30.0 Å². The van der Waals surface area contributed by atoms with Crippen molar-refractivity contribution in [2.75, 3.05) is 11.9 Å². The summed E-state index contributed by atoms with van der Waals surface area (Å²) in [4.78, 5) is 4.66. The molecule has 1 saturated carbocycles. The maximum atomic E-state index is 4.66. The average Bonchev–Trinajstić information content (AvgIpc) is 2.89. The summed E-state index contributed by atoms with van der Waals surface area (Å²) in [5.41, 5.74) is 1.12. The van der Waals surface area contributed by atoms with Gasteiger partial charge in [0.25, 0.3) is 0 Å². The summed E-state index contributed by atoms with van der Waals surface area (Å²) < 4.78 is 2.40. The Kier molecular flexibility index (Phi) is 4.54. The molecule has 19 heavy (non-hydrogen) atoms. The monoisotopic (exact) mass is 263 g/mol. The summed E-state index contributed by atoms with van der Waals surface area (Å²) in [5, 5.41) is 3.52. The number of hydrogen-bond acceptors (Lipinski definition) is 2. The van der Waals surface area contributed by atoms with Crippen LogP contribution in [0.4, 0.5) is 5.95 Å². The van der Waals surface area contributed by atoms with Crippen molar-refractivity contribution in [1.82, 2.24) is 9.55 Å². The molecule has 0 aliphatic heterocycles. The van der Waals surface area contributed by atoms with Crippen molar-refractivity contribution in [2.45, 2.75) is 59.9 Å². The summed E-state index contributed by atoms with van der Waals surface area (Å²) in [6.07, 6.45) is 6.19. The lowest BCUT2D eigenvalue weighted by atomic mass is 9.93. The van der Waals surface area contributed by atoms with E-state index in [1.165, 1.54) is 19.3 Å². The van der Waals surface area contributed by atoms with Gasteiger partial charge >= 0.3 is 0 Å². The minimum atomic E-state index is 0.626. The Morgan fingerprint density at radius 3 is 2.74 bits per heavy atom. The smallest absolute Gasteiger partial charge is 0.203 e. The first-order chi connectivity index (χ1) is 9.02. The van der Waals surface area contributed by atoms with E-state index in [0.29, 0.717) is 12.0 Å². The van der Waals surface area contributed by atoms with E-state index in [1.807, 2.05) is 0 Å². The van der Waals surface area contributed by atoms with Gasteiger partial charge in [0.15, 0.2) is 0 Å². The minimum Gasteiger partial charge on any atom is -0.355 e. The Morgan fingerprint density at radius 2 is 2.16 bits per heavy atom. The highest BCUT2D eigenvalue weighted by Crippen LogP contribution is 2.42. The second-order valence-corrected chi connectivity index (χ2v) is 6.56. The predicted molar refractivity (Wildman–Crippen MR) is 81.5 cm³/mol. The molecular weight excluding hydrogens is 234 g/mol. The van der Waals surface area contributed by atoms with Crippen LogP contribution in [0.1, 0.15) is 58.7 Å². The summed E-state index contributed by atoms with van der Waals surface area (Å²) >= 11 is 0. The Labute approximate surface area is 117 Å². The van der Waals surface area contributed by atoms with Gasteiger partial charge in [-0.3, -0.25) is 0 Å². The molecule has 3 heteroatoms. The molecule has 0 radical (unpaired) electrons. The molecule has 1 heterocycles. The van der Waals surface area contributed by atoms with Crippen LogP contribution in [0.2, 0.25) is 0 Å². The molecule has 1 N–H and O–H groups in total. The highest BCUT2D eigenvalue weighted by molar-refractivity contribution is 5.30. The van der Waals surface area contributed by atoms with Crippen LogP contribution < -0.4 is 5.32 Å². The highest BCUT2D eigenvalue weighted by atomic mass is 15.2. The summed E-state index contributed by atoms with van der Waals surface area (Å²) in [5.74, 6) is 3.36. The third-order valence-corrected chi connectivity index (χ3v) is 4.59.